The van der Waals surface area contributed by atoms with E-state index in [1.807, 2.05) is 19.1 Å². The lowest BCUT2D eigenvalue weighted by Gasteiger charge is -2.19. The summed E-state index contributed by atoms with van der Waals surface area (Å²) in [6.45, 7) is 7.86. The Balaban J connectivity index is 2.43. The molecule has 2 atom stereocenters. The van der Waals surface area contributed by atoms with Crippen molar-refractivity contribution in [1.82, 2.24) is 0 Å². The molecule has 0 N–H and O–H groups in total. The number of carbonyl (C=O) groups excluding carboxylic acids is 2. The van der Waals surface area contributed by atoms with Crippen molar-refractivity contribution in [2.45, 2.75) is 46.6 Å². The minimum Gasteiger partial charge on any atom is -0.462 e. The van der Waals surface area contributed by atoms with Crippen LogP contribution in [0.1, 0.15) is 50.0 Å². The van der Waals surface area contributed by atoms with Crippen LogP contribution in [0.5, 0.6) is 0 Å². The van der Waals surface area contributed by atoms with Gasteiger partial charge in [-0.3, -0.25) is 0 Å². The standard InChI is InChI=1S/C18H26O5/c1-5-7-15-8-10-16(11-9-15)17(19)22-12-13(3)14(4)23-18(20)21-6-2/h8-11,13-14H,5-7,12H2,1-4H3. The first kappa shape index (κ1) is 19.0. The van der Waals surface area contributed by atoms with E-state index in [0.29, 0.717) is 5.56 Å². The van der Waals surface area contributed by atoms with Crippen LogP contribution in [0.4, 0.5) is 4.79 Å². The molecule has 0 aliphatic heterocycles. The van der Waals surface area contributed by atoms with Crippen molar-refractivity contribution in [3.8, 4) is 0 Å². The highest BCUT2D eigenvalue weighted by Gasteiger charge is 2.19. The predicted molar refractivity (Wildman–Crippen MR) is 87.5 cm³/mol. The molecule has 0 heterocycles. The van der Waals surface area contributed by atoms with E-state index in [2.05, 4.69) is 6.92 Å². The molecule has 1 rings (SSSR count). The van der Waals surface area contributed by atoms with Gasteiger partial charge < -0.3 is 14.2 Å². The van der Waals surface area contributed by atoms with Crippen molar-refractivity contribution in [3.63, 3.8) is 0 Å². The van der Waals surface area contributed by atoms with Crippen molar-refractivity contribution in [2.75, 3.05) is 13.2 Å². The number of esters is 1. The van der Waals surface area contributed by atoms with E-state index in [4.69, 9.17) is 14.2 Å². The Kier molecular flexibility index (Phi) is 8.16. The third kappa shape index (κ3) is 6.72. The summed E-state index contributed by atoms with van der Waals surface area (Å²) >= 11 is 0. The van der Waals surface area contributed by atoms with Crippen LogP contribution in [0.3, 0.4) is 0 Å². The fourth-order valence-corrected chi connectivity index (χ4v) is 1.94. The maximum Gasteiger partial charge on any atom is 0.508 e. The smallest absolute Gasteiger partial charge is 0.462 e. The van der Waals surface area contributed by atoms with Crippen molar-refractivity contribution in [2.24, 2.45) is 5.92 Å². The zero-order valence-corrected chi connectivity index (χ0v) is 14.3. The van der Waals surface area contributed by atoms with E-state index in [9.17, 15) is 9.59 Å². The summed E-state index contributed by atoms with van der Waals surface area (Å²) < 4.78 is 15.1. The van der Waals surface area contributed by atoms with Crippen LogP contribution in [0.15, 0.2) is 24.3 Å². The topological polar surface area (TPSA) is 61.8 Å². The first-order chi connectivity index (χ1) is 11.0. The maximum absolute atomic E-state index is 12.0. The van der Waals surface area contributed by atoms with Crippen LogP contribution in [-0.2, 0) is 20.6 Å². The van der Waals surface area contributed by atoms with E-state index in [0.717, 1.165) is 12.8 Å². The molecule has 0 aliphatic carbocycles. The van der Waals surface area contributed by atoms with Gasteiger partial charge in [-0.2, -0.15) is 0 Å². The van der Waals surface area contributed by atoms with Gasteiger partial charge in [0, 0.05) is 5.92 Å². The number of hydrogen-bond acceptors (Lipinski definition) is 5. The molecule has 1 aromatic carbocycles. The van der Waals surface area contributed by atoms with Gasteiger partial charge in [0.2, 0.25) is 0 Å². The first-order valence-electron chi connectivity index (χ1n) is 8.07. The molecule has 0 saturated heterocycles. The van der Waals surface area contributed by atoms with Crippen LogP contribution in [0.25, 0.3) is 0 Å². The number of benzene rings is 1. The van der Waals surface area contributed by atoms with Gasteiger partial charge in [-0.15, -0.1) is 0 Å². The first-order valence-corrected chi connectivity index (χ1v) is 8.07. The Morgan fingerprint density at radius 1 is 1.04 bits per heavy atom. The molecule has 128 valence electrons. The Bertz CT molecular complexity index is 495. The molecule has 0 spiro atoms. The lowest BCUT2D eigenvalue weighted by molar-refractivity contribution is -0.00321. The average molecular weight is 322 g/mol. The molecule has 0 fully saturated rings. The number of ether oxygens (including phenoxy) is 3. The van der Waals surface area contributed by atoms with Gasteiger partial charge in [0.1, 0.15) is 6.10 Å². The van der Waals surface area contributed by atoms with Crippen LogP contribution in [-0.4, -0.2) is 31.4 Å². The van der Waals surface area contributed by atoms with E-state index in [1.54, 1.807) is 26.0 Å². The van der Waals surface area contributed by atoms with Crippen molar-refractivity contribution in [1.29, 1.82) is 0 Å². The molecule has 2 unspecified atom stereocenters. The second-order valence-corrected chi connectivity index (χ2v) is 5.53. The molecule has 23 heavy (non-hydrogen) atoms. The quantitative estimate of drug-likeness (QED) is 0.677. The van der Waals surface area contributed by atoms with Crippen LogP contribution in [0, 0.1) is 5.92 Å². The molecular weight excluding hydrogens is 296 g/mol. The molecule has 0 radical (unpaired) electrons. The summed E-state index contributed by atoms with van der Waals surface area (Å²) in [5.41, 5.74) is 1.73. The Morgan fingerprint density at radius 3 is 2.26 bits per heavy atom. The van der Waals surface area contributed by atoms with Gasteiger partial charge in [-0.05, 0) is 38.0 Å². The van der Waals surface area contributed by atoms with Gasteiger partial charge in [0.25, 0.3) is 0 Å². The Labute approximate surface area is 137 Å². The summed E-state index contributed by atoms with van der Waals surface area (Å²) in [4.78, 5) is 23.3. The van der Waals surface area contributed by atoms with E-state index in [-0.39, 0.29) is 25.1 Å². The van der Waals surface area contributed by atoms with E-state index >= 15 is 0 Å². The van der Waals surface area contributed by atoms with E-state index < -0.39 is 12.3 Å². The molecule has 0 saturated carbocycles. The van der Waals surface area contributed by atoms with Gasteiger partial charge in [0.05, 0.1) is 18.8 Å². The molecule has 5 nitrogen and oxygen atoms in total. The molecule has 1 aromatic rings. The molecule has 0 bridgehead atoms. The van der Waals surface area contributed by atoms with Crippen molar-refractivity contribution < 1.29 is 23.8 Å². The zero-order valence-electron chi connectivity index (χ0n) is 14.3. The second-order valence-electron chi connectivity index (χ2n) is 5.53. The number of aryl methyl sites for hydroxylation is 1. The lowest BCUT2D eigenvalue weighted by atomic mass is 10.1. The fourth-order valence-electron chi connectivity index (χ4n) is 1.94. The normalized spacial score (nSPS) is 13.0. The maximum atomic E-state index is 12.0. The largest absolute Gasteiger partial charge is 0.508 e. The summed E-state index contributed by atoms with van der Waals surface area (Å²) in [5.74, 6) is -0.494. The Hall–Kier alpha value is -2.04. The SMILES string of the molecule is CCCc1ccc(C(=O)OCC(C)C(C)OC(=O)OCC)cc1. The van der Waals surface area contributed by atoms with E-state index in [1.165, 1.54) is 5.56 Å². The third-order valence-corrected chi connectivity index (χ3v) is 3.55. The predicted octanol–water partition coefficient (Wildman–Crippen LogP) is 3.99. The number of hydrogen-bond donors (Lipinski definition) is 0. The second kappa shape index (κ2) is 9.87. The van der Waals surface area contributed by atoms with Crippen molar-refractivity contribution >= 4 is 12.1 Å². The summed E-state index contributed by atoms with van der Waals surface area (Å²) in [5, 5.41) is 0. The summed E-state index contributed by atoms with van der Waals surface area (Å²) in [6, 6.07) is 7.43. The number of carbonyl (C=O) groups is 2. The highest BCUT2D eigenvalue weighted by atomic mass is 16.7. The molecular formula is C18H26O5. The van der Waals surface area contributed by atoms with Gasteiger partial charge >= 0.3 is 12.1 Å². The minimum atomic E-state index is -0.704. The van der Waals surface area contributed by atoms with Crippen molar-refractivity contribution in [3.05, 3.63) is 35.4 Å². The molecule has 0 aliphatic rings. The molecule has 0 aromatic heterocycles. The Morgan fingerprint density at radius 2 is 1.70 bits per heavy atom. The third-order valence-electron chi connectivity index (χ3n) is 3.55. The average Bonchev–Trinajstić information content (AvgIpc) is 2.53. The molecule has 5 heteroatoms. The van der Waals surface area contributed by atoms with Gasteiger partial charge in [-0.25, -0.2) is 9.59 Å². The van der Waals surface area contributed by atoms with Crippen LogP contribution >= 0.6 is 0 Å². The zero-order chi connectivity index (χ0) is 17.2. The lowest BCUT2D eigenvalue weighted by Crippen LogP contribution is -2.27. The highest BCUT2D eigenvalue weighted by Crippen LogP contribution is 2.12. The summed E-state index contributed by atoms with van der Waals surface area (Å²) in [7, 11) is 0. The highest BCUT2D eigenvalue weighted by molar-refractivity contribution is 5.89. The monoisotopic (exact) mass is 322 g/mol. The van der Waals surface area contributed by atoms with Crippen LogP contribution in [0.2, 0.25) is 0 Å². The van der Waals surface area contributed by atoms with Crippen LogP contribution < -0.4 is 0 Å². The minimum absolute atomic E-state index is 0.122. The fraction of sp³-hybridized carbons (Fsp3) is 0.556. The van der Waals surface area contributed by atoms with Gasteiger partial charge in [-0.1, -0.05) is 32.4 Å². The summed E-state index contributed by atoms with van der Waals surface area (Å²) in [6.07, 6.45) is 0.966. The number of rotatable bonds is 8. The van der Waals surface area contributed by atoms with Gasteiger partial charge in [0.15, 0.2) is 0 Å². The molecule has 0 amide bonds.